The number of anilines is 5. The molecule has 14 heteroatoms. The van der Waals surface area contributed by atoms with Crippen molar-refractivity contribution in [3.05, 3.63) is 101 Å². The molecule has 0 saturated carbocycles. The summed E-state index contributed by atoms with van der Waals surface area (Å²) < 4.78 is 48.6. The van der Waals surface area contributed by atoms with Gasteiger partial charge in [-0.05, 0) is 62.1 Å². The van der Waals surface area contributed by atoms with Crippen LogP contribution in [0.4, 0.5) is 41.7 Å². The first kappa shape index (κ1) is 38.1. The molecule has 0 aliphatic carbocycles. The first-order valence-corrected chi connectivity index (χ1v) is 17.9. The van der Waals surface area contributed by atoms with Gasteiger partial charge < -0.3 is 25.6 Å². The molecule has 3 heterocycles. The number of hydrogen-bond acceptors (Lipinski definition) is 9. The quantitative estimate of drug-likeness (QED) is 0.122. The summed E-state index contributed by atoms with van der Waals surface area (Å²) in [7, 11) is 1.45. The normalized spacial score (nSPS) is 16.6. The number of aromatic nitrogens is 1. The number of piperazine rings is 1. The van der Waals surface area contributed by atoms with E-state index in [0.29, 0.717) is 24.3 Å². The summed E-state index contributed by atoms with van der Waals surface area (Å²) >= 11 is 0. The lowest BCUT2D eigenvalue weighted by Crippen LogP contribution is -2.46. The lowest BCUT2D eigenvalue weighted by molar-refractivity contribution is -0.137. The van der Waals surface area contributed by atoms with Gasteiger partial charge in [-0.3, -0.25) is 24.6 Å². The second-order valence-corrected chi connectivity index (χ2v) is 13.8. The molecule has 1 unspecified atom stereocenters. The molecule has 284 valence electrons. The maximum atomic E-state index is 14.1. The summed E-state index contributed by atoms with van der Waals surface area (Å²) in [5, 5.41) is 10.9. The molecule has 11 nitrogen and oxygen atoms in total. The molecule has 0 radical (unpaired) electrons. The number of benzene rings is 3. The van der Waals surface area contributed by atoms with Crippen LogP contribution in [-0.4, -0.2) is 66.9 Å². The van der Waals surface area contributed by atoms with Crippen molar-refractivity contribution < 1.29 is 32.3 Å². The second kappa shape index (κ2) is 16.2. The van der Waals surface area contributed by atoms with Gasteiger partial charge in [0.05, 0.1) is 40.2 Å². The van der Waals surface area contributed by atoms with Crippen molar-refractivity contribution in [1.29, 1.82) is 0 Å². The van der Waals surface area contributed by atoms with Crippen molar-refractivity contribution in [2.75, 3.05) is 48.8 Å². The van der Waals surface area contributed by atoms with E-state index in [-0.39, 0.29) is 46.6 Å². The van der Waals surface area contributed by atoms with Gasteiger partial charge in [0.2, 0.25) is 11.8 Å². The zero-order valence-electron chi connectivity index (χ0n) is 30.6. The molecule has 4 N–H and O–H groups in total. The zero-order valence-corrected chi connectivity index (χ0v) is 30.6. The Labute approximate surface area is 312 Å². The van der Waals surface area contributed by atoms with Gasteiger partial charge in [-0.1, -0.05) is 36.4 Å². The van der Waals surface area contributed by atoms with Crippen LogP contribution in [0, 0.1) is 6.92 Å². The summed E-state index contributed by atoms with van der Waals surface area (Å²) in [6.45, 7) is 9.64. The number of nitrogens with one attached hydrogen (secondary N) is 4. The maximum Gasteiger partial charge on any atom is 0.419 e. The molecular weight excluding hydrogens is 699 g/mol. The predicted molar refractivity (Wildman–Crippen MR) is 202 cm³/mol. The molecule has 6 rings (SSSR count). The van der Waals surface area contributed by atoms with Crippen LogP contribution in [0.1, 0.15) is 65.2 Å². The van der Waals surface area contributed by atoms with Crippen LogP contribution < -0.4 is 30.9 Å². The third-order valence-corrected chi connectivity index (χ3v) is 9.51. The van der Waals surface area contributed by atoms with E-state index in [9.17, 15) is 27.6 Å². The minimum Gasteiger partial charge on any atom is -0.489 e. The highest BCUT2D eigenvalue weighted by molar-refractivity contribution is 6.01. The molecule has 54 heavy (non-hydrogen) atoms. The van der Waals surface area contributed by atoms with E-state index >= 15 is 0 Å². The number of nitrogens with zero attached hydrogens (tertiary/aromatic N) is 3. The zero-order chi connectivity index (χ0) is 38.6. The summed E-state index contributed by atoms with van der Waals surface area (Å²) in [5.41, 5.74) is 3.67. The predicted octanol–water partition coefficient (Wildman–Crippen LogP) is 6.89. The second-order valence-electron chi connectivity index (χ2n) is 13.8. The smallest absolute Gasteiger partial charge is 0.419 e. The van der Waals surface area contributed by atoms with E-state index in [2.05, 4.69) is 48.2 Å². The van der Waals surface area contributed by atoms with Gasteiger partial charge >= 0.3 is 6.18 Å². The topological polar surface area (TPSA) is 128 Å². The van der Waals surface area contributed by atoms with Gasteiger partial charge in [0.15, 0.2) is 0 Å². The average Bonchev–Trinajstić information content (AvgIpc) is 3.12. The molecule has 2 aliphatic rings. The molecule has 3 aromatic carbocycles. The van der Waals surface area contributed by atoms with Crippen molar-refractivity contribution in [2.24, 2.45) is 0 Å². The number of aryl methyl sites for hydroxylation is 1. The highest BCUT2D eigenvalue weighted by Gasteiger charge is 2.35. The van der Waals surface area contributed by atoms with Crippen LogP contribution in [0.15, 0.2) is 72.9 Å². The number of alkyl halides is 3. The number of carbonyl (C=O) groups is 3. The lowest BCUT2D eigenvalue weighted by Gasteiger charge is -2.37. The summed E-state index contributed by atoms with van der Waals surface area (Å²) in [6.07, 6.45) is -3.28. The number of amides is 3. The Hall–Kier alpha value is -5.63. The number of imide groups is 1. The molecule has 4 aromatic rings. The van der Waals surface area contributed by atoms with Crippen LogP contribution in [0.25, 0.3) is 0 Å². The Kier molecular flexibility index (Phi) is 11.4. The molecule has 2 saturated heterocycles. The van der Waals surface area contributed by atoms with Crippen molar-refractivity contribution in [3.63, 3.8) is 0 Å². The van der Waals surface area contributed by atoms with E-state index in [4.69, 9.17) is 4.74 Å². The fourth-order valence-electron chi connectivity index (χ4n) is 6.85. The summed E-state index contributed by atoms with van der Waals surface area (Å²) in [4.78, 5) is 45.3. The Morgan fingerprint density at radius 3 is 2.43 bits per heavy atom. The van der Waals surface area contributed by atoms with Crippen molar-refractivity contribution in [3.8, 4) is 5.75 Å². The van der Waals surface area contributed by atoms with Gasteiger partial charge in [-0.15, -0.1) is 0 Å². The SMILES string of the molecule is CNC(=O)c1ccccc1Nc1cc(Nc2cc(C)c(N3CCN(Cc4cccc(C5CCC(=O)NC5=O)c4)CC3)cc2OC(C)C)ncc1C(F)(F)F. The lowest BCUT2D eigenvalue weighted by atomic mass is 9.89. The number of rotatable bonds is 11. The van der Waals surface area contributed by atoms with E-state index in [0.717, 1.165) is 61.3 Å². The number of pyridine rings is 1. The van der Waals surface area contributed by atoms with Crippen LogP contribution in [-0.2, 0) is 22.3 Å². The molecular formula is C40H44F3N7O4. The molecule has 0 bridgehead atoms. The third kappa shape index (κ3) is 8.93. The van der Waals surface area contributed by atoms with Crippen molar-refractivity contribution >= 4 is 46.3 Å². The average molecular weight is 744 g/mol. The fraction of sp³-hybridized carbons (Fsp3) is 0.350. The number of carbonyl (C=O) groups excluding carboxylic acids is 3. The summed E-state index contributed by atoms with van der Waals surface area (Å²) in [6, 6.07) is 19.5. The fourth-order valence-corrected chi connectivity index (χ4v) is 6.85. The summed E-state index contributed by atoms with van der Waals surface area (Å²) in [5.74, 6) is -0.557. The number of piperidine rings is 1. The van der Waals surface area contributed by atoms with E-state index in [1.807, 2.05) is 45.0 Å². The minimum atomic E-state index is -4.70. The molecule has 1 aromatic heterocycles. The van der Waals surface area contributed by atoms with Gasteiger partial charge in [0.25, 0.3) is 5.91 Å². The molecule has 2 fully saturated rings. The first-order valence-electron chi connectivity index (χ1n) is 17.9. The van der Waals surface area contributed by atoms with Crippen LogP contribution in [0.2, 0.25) is 0 Å². The van der Waals surface area contributed by atoms with Gasteiger partial charge in [-0.2, -0.15) is 13.2 Å². The van der Waals surface area contributed by atoms with Crippen molar-refractivity contribution in [1.82, 2.24) is 20.5 Å². The first-order chi connectivity index (χ1) is 25.8. The molecule has 0 spiro atoms. The Bertz CT molecular complexity index is 2030. The van der Waals surface area contributed by atoms with Crippen molar-refractivity contribution in [2.45, 2.75) is 58.4 Å². The Morgan fingerprint density at radius 2 is 1.72 bits per heavy atom. The Morgan fingerprint density at radius 1 is 0.963 bits per heavy atom. The van der Waals surface area contributed by atoms with Gasteiger partial charge in [0.1, 0.15) is 11.6 Å². The van der Waals surface area contributed by atoms with Gasteiger partial charge in [-0.25, -0.2) is 4.98 Å². The number of para-hydroxylation sites is 1. The van der Waals surface area contributed by atoms with E-state index in [1.54, 1.807) is 12.1 Å². The number of halogens is 3. The number of ether oxygens (including phenoxy) is 1. The third-order valence-electron chi connectivity index (χ3n) is 9.51. The Balaban J connectivity index is 1.18. The van der Waals surface area contributed by atoms with Crippen LogP contribution >= 0.6 is 0 Å². The monoisotopic (exact) mass is 743 g/mol. The maximum absolute atomic E-state index is 14.1. The molecule has 3 amide bonds. The highest BCUT2D eigenvalue weighted by Crippen LogP contribution is 2.40. The van der Waals surface area contributed by atoms with E-state index in [1.165, 1.54) is 25.2 Å². The largest absolute Gasteiger partial charge is 0.489 e. The molecule has 1 atom stereocenters. The van der Waals surface area contributed by atoms with Crippen LogP contribution in [0.3, 0.4) is 0 Å². The van der Waals surface area contributed by atoms with Crippen LogP contribution in [0.5, 0.6) is 5.75 Å². The minimum absolute atomic E-state index is 0.152. The standard InChI is InChI=1S/C40H44F3N7O4/c1-24(2)54-35-21-34(50-16-14-49(15-17-50)23-26-8-7-9-27(19-26)28-12-13-37(51)48-39(28)53)25(3)18-33(35)47-36-20-32(30(22-45-36)40(41,42)43)46-31-11-6-5-10-29(31)38(52)44-4/h5-11,18-22,24,28H,12-17,23H2,1-4H3,(H,44,52)(H2,45,46,47)(H,48,51,53). The number of hydrogen-bond donors (Lipinski definition) is 4. The molecule has 2 aliphatic heterocycles. The van der Waals surface area contributed by atoms with E-state index < -0.39 is 17.6 Å². The van der Waals surface area contributed by atoms with Gasteiger partial charge in [0, 0.05) is 70.2 Å². The highest BCUT2D eigenvalue weighted by atomic mass is 19.4.